The molecule has 0 unspecified atom stereocenters. The first-order valence-electron chi connectivity index (χ1n) is 8.66. The van der Waals surface area contributed by atoms with Crippen molar-refractivity contribution in [1.82, 2.24) is 5.32 Å². The number of hydrogen-bond donors (Lipinski definition) is 2. The Bertz CT molecular complexity index is 980. The van der Waals surface area contributed by atoms with Crippen LogP contribution in [0.1, 0.15) is 23.5 Å². The van der Waals surface area contributed by atoms with Crippen molar-refractivity contribution < 1.29 is 9.59 Å². The molecule has 1 aliphatic heterocycles. The van der Waals surface area contributed by atoms with Crippen LogP contribution in [0.15, 0.2) is 59.1 Å². The number of nitriles is 1. The van der Waals surface area contributed by atoms with Gasteiger partial charge in [-0.25, -0.2) is 0 Å². The second kappa shape index (κ2) is 8.96. The maximum Gasteiger partial charge on any atom is 0.234 e. The minimum Gasteiger partial charge on any atom is -0.324 e. The van der Waals surface area contributed by atoms with Gasteiger partial charge in [-0.05, 0) is 24.6 Å². The number of rotatable bonds is 5. The first kappa shape index (κ1) is 20.0. The van der Waals surface area contributed by atoms with Crippen molar-refractivity contribution in [1.29, 1.82) is 5.26 Å². The highest BCUT2D eigenvalue weighted by molar-refractivity contribution is 8.03. The topological polar surface area (TPSA) is 82.0 Å². The average Bonchev–Trinajstić information content (AvgIpc) is 2.68. The Morgan fingerprint density at radius 3 is 2.68 bits per heavy atom. The second-order valence-corrected chi connectivity index (χ2v) is 7.78. The molecular formula is C21H18ClN3O2S. The number of hydrogen-bond acceptors (Lipinski definition) is 4. The van der Waals surface area contributed by atoms with Crippen molar-refractivity contribution in [2.75, 3.05) is 11.1 Å². The predicted molar refractivity (Wildman–Crippen MR) is 112 cm³/mol. The molecule has 1 atom stereocenters. The van der Waals surface area contributed by atoms with Crippen LogP contribution in [0.2, 0.25) is 5.02 Å². The van der Waals surface area contributed by atoms with Gasteiger partial charge >= 0.3 is 0 Å². The lowest BCUT2D eigenvalue weighted by atomic mass is 9.87. The van der Waals surface area contributed by atoms with E-state index in [1.807, 2.05) is 31.2 Å². The number of anilines is 1. The van der Waals surface area contributed by atoms with Gasteiger partial charge in [0, 0.05) is 12.3 Å². The highest BCUT2D eigenvalue weighted by atomic mass is 35.5. The lowest BCUT2D eigenvalue weighted by Crippen LogP contribution is -2.31. The van der Waals surface area contributed by atoms with E-state index in [4.69, 9.17) is 11.6 Å². The van der Waals surface area contributed by atoms with E-state index in [0.717, 1.165) is 22.9 Å². The predicted octanol–water partition coefficient (Wildman–Crippen LogP) is 4.36. The minimum absolute atomic E-state index is 0.0482. The third-order valence-electron chi connectivity index (χ3n) is 4.33. The van der Waals surface area contributed by atoms with E-state index in [2.05, 4.69) is 16.7 Å². The molecule has 142 valence electrons. The molecule has 0 bridgehead atoms. The van der Waals surface area contributed by atoms with Gasteiger partial charge in [0.25, 0.3) is 0 Å². The van der Waals surface area contributed by atoms with E-state index >= 15 is 0 Å². The first-order valence-corrected chi connectivity index (χ1v) is 10.0. The smallest absolute Gasteiger partial charge is 0.234 e. The zero-order chi connectivity index (χ0) is 20.1. The van der Waals surface area contributed by atoms with Crippen LogP contribution in [0.5, 0.6) is 0 Å². The molecule has 0 aliphatic carbocycles. The Kier molecular flexibility index (Phi) is 6.40. The van der Waals surface area contributed by atoms with E-state index in [0.29, 0.717) is 21.3 Å². The fourth-order valence-electron chi connectivity index (χ4n) is 2.90. The number of benzene rings is 2. The lowest BCUT2D eigenvalue weighted by molar-refractivity contribution is -0.121. The van der Waals surface area contributed by atoms with Crippen LogP contribution in [0.25, 0.3) is 0 Å². The number of carbonyl (C=O) groups excluding carboxylic acids is 2. The third-order valence-corrected chi connectivity index (χ3v) is 5.68. The van der Waals surface area contributed by atoms with Crippen molar-refractivity contribution in [2.45, 2.75) is 19.3 Å². The number of aryl methyl sites for hydroxylation is 1. The number of amides is 2. The van der Waals surface area contributed by atoms with Gasteiger partial charge in [0.15, 0.2) is 0 Å². The van der Waals surface area contributed by atoms with Gasteiger partial charge in [-0.3, -0.25) is 9.59 Å². The average molecular weight is 412 g/mol. The Morgan fingerprint density at radius 2 is 2.00 bits per heavy atom. The van der Waals surface area contributed by atoms with Crippen molar-refractivity contribution in [3.8, 4) is 6.07 Å². The summed E-state index contributed by atoms with van der Waals surface area (Å²) in [6.45, 7) is 1.98. The molecule has 1 aliphatic rings. The fourth-order valence-corrected chi connectivity index (χ4v) is 3.96. The largest absolute Gasteiger partial charge is 0.324 e. The Labute approximate surface area is 172 Å². The molecule has 0 aromatic heterocycles. The summed E-state index contributed by atoms with van der Waals surface area (Å²) >= 11 is 7.19. The van der Waals surface area contributed by atoms with Crippen molar-refractivity contribution in [3.63, 3.8) is 0 Å². The lowest BCUT2D eigenvalue weighted by Gasteiger charge is -2.25. The fraction of sp³-hybridized carbons (Fsp3) is 0.190. The molecule has 28 heavy (non-hydrogen) atoms. The van der Waals surface area contributed by atoms with Crippen LogP contribution < -0.4 is 10.6 Å². The molecule has 0 saturated heterocycles. The molecule has 3 rings (SSSR count). The monoisotopic (exact) mass is 411 g/mol. The normalized spacial score (nSPS) is 16.3. The maximum absolute atomic E-state index is 12.3. The molecule has 2 aromatic rings. The zero-order valence-corrected chi connectivity index (χ0v) is 16.7. The summed E-state index contributed by atoms with van der Waals surface area (Å²) in [5, 5.41) is 16.0. The van der Waals surface area contributed by atoms with Crippen molar-refractivity contribution >= 4 is 40.9 Å². The van der Waals surface area contributed by atoms with Crippen LogP contribution >= 0.6 is 23.4 Å². The molecule has 5 nitrogen and oxygen atoms in total. The van der Waals surface area contributed by atoms with Gasteiger partial charge < -0.3 is 10.6 Å². The Morgan fingerprint density at radius 1 is 1.29 bits per heavy atom. The molecule has 7 heteroatoms. The molecule has 0 fully saturated rings. The molecular weight excluding hydrogens is 394 g/mol. The van der Waals surface area contributed by atoms with Crippen molar-refractivity contribution in [2.24, 2.45) is 0 Å². The van der Waals surface area contributed by atoms with Crippen LogP contribution in [0.4, 0.5) is 5.69 Å². The summed E-state index contributed by atoms with van der Waals surface area (Å²) in [4.78, 5) is 24.4. The van der Waals surface area contributed by atoms with Gasteiger partial charge in [-0.15, -0.1) is 0 Å². The van der Waals surface area contributed by atoms with Crippen LogP contribution in [-0.2, 0) is 9.59 Å². The summed E-state index contributed by atoms with van der Waals surface area (Å²) in [7, 11) is 0. The van der Waals surface area contributed by atoms with Crippen LogP contribution in [0.3, 0.4) is 0 Å². The van der Waals surface area contributed by atoms with E-state index < -0.39 is 0 Å². The van der Waals surface area contributed by atoms with Gasteiger partial charge in [0.05, 0.1) is 33.1 Å². The van der Waals surface area contributed by atoms with Gasteiger partial charge in [0.1, 0.15) is 0 Å². The Hall–Kier alpha value is -2.75. The summed E-state index contributed by atoms with van der Waals surface area (Å²) < 4.78 is 0. The van der Waals surface area contributed by atoms with E-state index in [1.165, 1.54) is 0 Å². The number of allylic oxidation sites excluding steroid dienone is 1. The molecule has 0 spiro atoms. The highest BCUT2D eigenvalue weighted by Gasteiger charge is 2.29. The standard InChI is InChI=1S/C21H18ClN3O2S/c1-13-6-8-14(9-7-13)15-10-19(26)25-21(16(15)11-23)28-12-20(27)24-18-5-3-2-4-17(18)22/h2-9,15H,10,12H2,1H3,(H,24,27)(H,25,26)/t15-/m0/s1. The molecule has 2 aromatic carbocycles. The minimum atomic E-state index is -0.312. The van der Waals surface area contributed by atoms with Crippen LogP contribution in [-0.4, -0.2) is 17.6 Å². The van der Waals surface area contributed by atoms with E-state index in [9.17, 15) is 14.9 Å². The number of para-hydroxylation sites is 1. The molecule has 1 heterocycles. The van der Waals surface area contributed by atoms with Crippen molar-refractivity contribution in [3.05, 3.63) is 75.3 Å². The van der Waals surface area contributed by atoms with Gasteiger partial charge in [0.2, 0.25) is 11.8 Å². The summed E-state index contributed by atoms with van der Waals surface area (Å²) in [6.07, 6.45) is 0.210. The molecule has 2 amide bonds. The van der Waals surface area contributed by atoms with Gasteiger partial charge in [-0.2, -0.15) is 5.26 Å². The number of nitrogens with zero attached hydrogens (tertiary/aromatic N) is 1. The van der Waals surface area contributed by atoms with Gasteiger partial charge in [-0.1, -0.05) is 65.3 Å². The van der Waals surface area contributed by atoms with E-state index in [-0.39, 0.29) is 29.9 Å². The number of halogens is 1. The zero-order valence-electron chi connectivity index (χ0n) is 15.2. The maximum atomic E-state index is 12.3. The Balaban J connectivity index is 1.76. The molecule has 0 radical (unpaired) electrons. The number of thioether (sulfide) groups is 1. The SMILES string of the molecule is Cc1ccc([C@@H]2CC(=O)NC(SCC(=O)Nc3ccccc3Cl)=C2C#N)cc1. The molecule has 0 saturated carbocycles. The first-order chi connectivity index (χ1) is 13.5. The van der Waals surface area contributed by atoms with E-state index in [1.54, 1.807) is 24.3 Å². The highest BCUT2D eigenvalue weighted by Crippen LogP contribution is 2.36. The number of carbonyl (C=O) groups is 2. The molecule has 2 N–H and O–H groups in total. The quantitative estimate of drug-likeness (QED) is 0.765. The second-order valence-electron chi connectivity index (χ2n) is 6.39. The number of nitrogens with one attached hydrogen (secondary N) is 2. The summed E-state index contributed by atoms with van der Waals surface area (Å²) in [5.41, 5.74) is 3.02. The summed E-state index contributed by atoms with van der Waals surface area (Å²) in [6, 6.07) is 16.9. The van der Waals surface area contributed by atoms with Crippen LogP contribution in [0, 0.1) is 18.3 Å². The summed E-state index contributed by atoms with van der Waals surface area (Å²) in [5.74, 6) is -0.700. The third kappa shape index (κ3) is 4.75.